The van der Waals surface area contributed by atoms with Crippen LogP contribution in [0, 0.1) is 0 Å². The van der Waals surface area contributed by atoms with E-state index < -0.39 is 0 Å². The van der Waals surface area contributed by atoms with E-state index in [1.54, 1.807) is 27.7 Å². The summed E-state index contributed by atoms with van der Waals surface area (Å²) in [5.41, 5.74) is 1.82. The number of ether oxygens (including phenoxy) is 4. The highest BCUT2D eigenvalue weighted by molar-refractivity contribution is 5.88. The summed E-state index contributed by atoms with van der Waals surface area (Å²) in [6, 6.07) is 0. The molecule has 256 valence electrons. The van der Waals surface area contributed by atoms with E-state index in [0.29, 0.717) is 48.7 Å². The van der Waals surface area contributed by atoms with Crippen LogP contribution in [0.25, 0.3) is 0 Å². The molecule has 0 N–H and O–H groups in total. The van der Waals surface area contributed by atoms with Crippen LogP contribution in [0.4, 0.5) is 0 Å². The average Bonchev–Trinajstić information content (AvgIpc) is 2.89. The van der Waals surface area contributed by atoms with Crippen LogP contribution in [0.1, 0.15) is 47.5 Å². The first-order valence-electron chi connectivity index (χ1n) is 14.5. The van der Waals surface area contributed by atoms with Crippen molar-refractivity contribution in [2.75, 3.05) is 95.4 Å². The Morgan fingerprint density at radius 2 is 0.818 bits per heavy atom. The topological polar surface area (TPSA) is 112 Å². The largest absolute Gasteiger partial charge is 0.462 e. The summed E-state index contributed by atoms with van der Waals surface area (Å²) in [5, 5.41) is 0. The third kappa shape index (κ3) is 40.9. The maximum absolute atomic E-state index is 10.9. The van der Waals surface area contributed by atoms with Crippen LogP contribution in [0.2, 0.25) is 0 Å². The fraction of sp³-hybridized carbons (Fsp3) is 0.636. The van der Waals surface area contributed by atoms with Gasteiger partial charge in [0.25, 0.3) is 0 Å². The molecule has 44 heavy (non-hydrogen) atoms. The molecule has 0 aromatic carbocycles. The normalized spacial score (nSPS) is 9.95. The monoisotopic (exact) mass is 628 g/mol. The van der Waals surface area contributed by atoms with E-state index in [4.69, 9.17) is 18.9 Å². The predicted molar refractivity (Wildman–Crippen MR) is 178 cm³/mol. The van der Waals surface area contributed by atoms with Gasteiger partial charge in [-0.2, -0.15) is 0 Å². The highest BCUT2D eigenvalue weighted by Crippen LogP contribution is 1.97. The molecule has 0 aliphatic carbocycles. The lowest BCUT2D eigenvalue weighted by Gasteiger charge is -2.23. The van der Waals surface area contributed by atoms with E-state index in [0.717, 1.165) is 37.0 Å². The molecule has 0 saturated heterocycles. The predicted octanol–water partition coefficient (Wildman–Crippen LogP) is 4.05. The standard InChI is InChI=1S/C10H20NO2.2C8H15NO2.C7H12O2/c1-9(2)10(12)13-8-6-7-11(3,4)5;2*1-7(2)8(10)11-6-5-9(3)4;1-4-5-9-7(8)6(2)3/h1,6-8H2,2-5H3;2*1,5-6H2,2-4H3;2,4-5H2,1,3H3/q+1;;;. The van der Waals surface area contributed by atoms with Crippen LogP contribution in [0.3, 0.4) is 0 Å². The Kier molecular flexibility index (Phi) is 30.8. The molecule has 0 aliphatic heterocycles. The summed E-state index contributed by atoms with van der Waals surface area (Å²) in [6.45, 7) is 26.7. The molecule has 0 aliphatic rings. The molecule has 0 unspecified atom stereocenters. The number of esters is 4. The first kappa shape index (κ1) is 47.6. The molecule has 0 amide bonds. The zero-order chi connectivity index (χ0) is 35.5. The van der Waals surface area contributed by atoms with E-state index >= 15 is 0 Å². The van der Waals surface area contributed by atoms with Crippen molar-refractivity contribution in [3.05, 3.63) is 48.6 Å². The molecule has 0 aromatic heterocycles. The molecule has 0 heterocycles. The highest BCUT2D eigenvalue weighted by atomic mass is 16.5. The van der Waals surface area contributed by atoms with Crippen molar-refractivity contribution in [1.29, 1.82) is 0 Å². The molecular weight excluding hydrogens is 566 g/mol. The molecule has 0 fully saturated rings. The molecule has 0 rings (SSSR count). The Hall–Kier alpha value is -3.28. The second-order valence-electron chi connectivity index (χ2n) is 11.6. The van der Waals surface area contributed by atoms with E-state index in [1.807, 2.05) is 44.9 Å². The number of hydrogen-bond acceptors (Lipinski definition) is 10. The van der Waals surface area contributed by atoms with Gasteiger partial charge in [-0.1, -0.05) is 33.2 Å². The molecule has 0 spiro atoms. The number of likely N-dealkylation sites (N-methyl/N-ethyl adjacent to an activating group) is 2. The van der Waals surface area contributed by atoms with Crippen molar-refractivity contribution in [2.45, 2.75) is 47.5 Å². The van der Waals surface area contributed by atoms with Crippen LogP contribution in [-0.2, 0) is 38.1 Å². The van der Waals surface area contributed by atoms with Gasteiger partial charge < -0.3 is 33.2 Å². The minimum atomic E-state index is -0.313. The lowest BCUT2D eigenvalue weighted by Crippen LogP contribution is -2.35. The number of carbonyl (C=O) groups is 4. The van der Waals surface area contributed by atoms with Crippen molar-refractivity contribution >= 4 is 23.9 Å². The van der Waals surface area contributed by atoms with E-state index in [2.05, 4.69) is 47.5 Å². The molecule has 11 nitrogen and oxygen atoms in total. The van der Waals surface area contributed by atoms with E-state index in [9.17, 15) is 19.2 Å². The number of quaternary nitrogens is 1. The van der Waals surface area contributed by atoms with E-state index in [-0.39, 0.29) is 23.9 Å². The fourth-order valence-corrected chi connectivity index (χ4v) is 2.03. The second-order valence-corrected chi connectivity index (χ2v) is 11.6. The van der Waals surface area contributed by atoms with Gasteiger partial charge in [-0.3, -0.25) is 0 Å². The number of carbonyl (C=O) groups excluding carboxylic acids is 4. The lowest BCUT2D eigenvalue weighted by atomic mass is 10.3. The average molecular weight is 629 g/mol. The Balaban J connectivity index is -0.000000244. The summed E-state index contributed by atoms with van der Waals surface area (Å²) in [6.07, 6.45) is 1.75. The third-order valence-corrected chi connectivity index (χ3v) is 4.58. The van der Waals surface area contributed by atoms with Crippen molar-refractivity contribution in [3.63, 3.8) is 0 Å². The first-order chi connectivity index (χ1) is 20.1. The summed E-state index contributed by atoms with van der Waals surface area (Å²) in [4.78, 5) is 47.0. The third-order valence-electron chi connectivity index (χ3n) is 4.58. The molecule has 0 atom stereocenters. The highest BCUT2D eigenvalue weighted by Gasteiger charge is 2.08. The first-order valence-corrected chi connectivity index (χ1v) is 14.5. The summed E-state index contributed by atoms with van der Waals surface area (Å²) in [5.74, 6) is -1.21. The number of nitrogens with zero attached hydrogens (tertiary/aromatic N) is 3. The molecular formula is C33H62N3O8+. The van der Waals surface area contributed by atoms with Crippen LogP contribution < -0.4 is 0 Å². The van der Waals surface area contributed by atoms with Gasteiger partial charge in [0.2, 0.25) is 0 Å². The Morgan fingerprint density at radius 1 is 0.545 bits per heavy atom. The zero-order valence-corrected chi connectivity index (χ0v) is 29.8. The van der Waals surface area contributed by atoms with Gasteiger partial charge in [0.05, 0.1) is 40.9 Å². The second kappa shape index (κ2) is 28.5. The molecule has 11 heteroatoms. The fourth-order valence-electron chi connectivity index (χ4n) is 2.03. The maximum atomic E-state index is 10.9. The van der Waals surface area contributed by atoms with Gasteiger partial charge in [0.1, 0.15) is 13.2 Å². The van der Waals surface area contributed by atoms with Crippen molar-refractivity contribution < 1.29 is 42.6 Å². The van der Waals surface area contributed by atoms with Crippen LogP contribution in [0.5, 0.6) is 0 Å². The molecule has 0 radical (unpaired) electrons. The smallest absolute Gasteiger partial charge is 0.333 e. The minimum Gasteiger partial charge on any atom is -0.462 e. The maximum Gasteiger partial charge on any atom is 0.333 e. The summed E-state index contributed by atoms with van der Waals surface area (Å²) < 4.78 is 20.2. The summed E-state index contributed by atoms with van der Waals surface area (Å²) >= 11 is 0. The number of rotatable bonds is 16. The van der Waals surface area contributed by atoms with Crippen LogP contribution >= 0.6 is 0 Å². The van der Waals surface area contributed by atoms with Gasteiger partial charge in [-0.15, -0.1) is 0 Å². The zero-order valence-electron chi connectivity index (χ0n) is 29.8. The number of hydrogen-bond donors (Lipinski definition) is 0. The quantitative estimate of drug-likeness (QED) is 0.0816. The van der Waals surface area contributed by atoms with Gasteiger partial charge in [-0.25, -0.2) is 19.2 Å². The molecule has 0 saturated carbocycles. The van der Waals surface area contributed by atoms with Gasteiger partial charge >= 0.3 is 23.9 Å². The van der Waals surface area contributed by atoms with Gasteiger partial charge in [-0.05, 0) is 62.3 Å². The molecule has 0 bridgehead atoms. The van der Waals surface area contributed by atoms with Crippen molar-refractivity contribution in [2.24, 2.45) is 0 Å². The van der Waals surface area contributed by atoms with Crippen LogP contribution in [-0.4, -0.2) is 134 Å². The lowest BCUT2D eigenvalue weighted by molar-refractivity contribution is -0.870. The Morgan fingerprint density at radius 3 is 1.05 bits per heavy atom. The van der Waals surface area contributed by atoms with Crippen molar-refractivity contribution in [1.82, 2.24) is 9.80 Å². The van der Waals surface area contributed by atoms with E-state index in [1.165, 1.54) is 0 Å². The Bertz CT molecular complexity index is 867. The SMILES string of the molecule is C=C(C)C(=O)OCCC.C=C(C)C(=O)OCCC[N+](C)(C)C.C=C(C)C(=O)OCCN(C)C.C=C(C)C(=O)OCCN(C)C. The summed E-state index contributed by atoms with van der Waals surface area (Å²) in [7, 11) is 14.0. The Labute approximate surface area is 267 Å². The molecule has 0 aromatic rings. The van der Waals surface area contributed by atoms with Crippen molar-refractivity contribution in [3.8, 4) is 0 Å². The van der Waals surface area contributed by atoms with Crippen LogP contribution in [0.15, 0.2) is 48.6 Å². The minimum absolute atomic E-state index is 0.290. The van der Waals surface area contributed by atoms with Gasteiger partial charge in [0, 0.05) is 41.8 Å². The van der Waals surface area contributed by atoms with Gasteiger partial charge in [0.15, 0.2) is 0 Å².